The first-order chi connectivity index (χ1) is 10.6. The fraction of sp³-hybridized carbons (Fsp3) is 1.00. The van der Waals surface area contributed by atoms with E-state index in [2.05, 4.69) is 6.92 Å². The van der Waals surface area contributed by atoms with E-state index in [1.54, 1.807) is 0 Å². The molecule has 0 aromatic carbocycles. The highest BCUT2D eigenvalue weighted by molar-refractivity contribution is 4.88. The molecule has 1 fully saturated rings. The molecule has 0 saturated carbocycles. The standard InChI is InChI=1S/C16H32O6/c1-2-3-4-5-6-7-8-9-10-21-16-15(20)14(19)13(18)12(11-17)22-16/h12-20H,2-11H2,1H3/t12-,13-,14-,15-,16-/m1/s1. The molecule has 1 aliphatic heterocycles. The molecule has 22 heavy (non-hydrogen) atoms. The summed E-state index contributed by atoms with van der Waals surface area (Å²) >= 11 is 0. The van der Waals surface area contributed by atoms with E-state index in [1.807, 2.05) is 0 Å². The molecule has 0 amide bonds. The summed E-state index contributed by atoms with van der Waals surface area (Å²) in [6.07, 6.45) is 3.58. The highest BCUT2D eigenvalue weighted by Crippen LogP contribution is 2.22. The van der Waals surface area contributed by atoms with Crippen LogP contribution in [-0.2, 0) is 9.47 Å². The third kappa shape index (κ3) is 6.48. The summed E-state index contributed by atoms with van der Waals surface area (Å²) in [5.74, 6) is 0. The van der Waals surface area contributed by atoms with Crippen molar-refractivity contribution in [1.82, 2.24) is 0 Å². The van der Waals surface area contributed by atoms with Gasteiger partial charge in [-0.25, -0.2) is 0 Å². The summed E-state index contributed by atoms with van der Waals surface area (Å²) in [7, 11) is 0. The van der Waals surface area contributed by atoms with Gasteiger partial charge in [0.05, 0.1) is 6.61 Å². The number of aliphatic hydroxyl groups excluding tert-OH is 4. The number of hydrogen-bond acceptors (Lipinski definition) is 6. The van der Waals surface area contributed by atoms with Crippen LogP contribution in [0.15, 0.2) is 0 Å². The van der Waals surface area contributed by atoms with Gasteiger partial charge in [0.15, 0.2) is 6.29 Å². The molecule has 5 atom stereocenters. The monoisotopic (exact) mass is 320 g/mol. The van der Waals surface area contributed by atoms with Gasteiger partial charge in [-0.1, -0.05) is 51.9 Å². The number of aliphatic hydroxyl groups is 4. The van der Waals surface area contributed by atoms with Gasteiger partial charge in [-0.05, 0) is 6.42 Å². The molecule has 6 nitrogen and oxygen atoms in total. The van der Waals surface area contributed by atoms with Crippen LogP contribution in [0.3, 0.4) is 0 Å². The maximum Gasteiger partial charge on any atom is 0.186 e. The normalized spacial score (nSPS) is 32.3. The smallest absolute Gasteiger partial charge is 0.186 e. The summed E-state index contributed by atoms with van der Waals surface area (Å²) in [6, 6.07) is 0. The average molecular weight is 320 g/mol. The van der Waals surface area contributed by atoms with Gasteiger partial charge in [-0.2, -0.15) is 0 Å². The second kappa shape index (κ2) is 11.3. The van der Waals surface area contributed by atoms with E-state index in [1.165, 1.54) is 38.5 Å². The van der Waals surface area contributed by atoms with Crippen LogP contribution in [0.5, 0.6) is 0 Å². The Labute approximate surface area is 133 Å². The molecule has 6 heteroatoms. The first-order valence-electron chi connectivity index (χ1n) is 8.54. The van der Waals surface area contributed by atoms with Crippen LogP contribution < -0.4 is 0 Å². The van der Waals surface area contributed by atoms with Crippen molar-refractivity contribution < 1.29 is 29.9 Å². The topological polar surface area (TPSA) is 99.4 Å². The highest BCUT2D eigenvalue weighted by atomic mass is 16.7. The zero-order chi connectivity index (χ0) is 16.4. The predicted molar refractivity (Wildman–Crippen MR) is 82.3 cm³/mol. The lowest BCUT2D eigenvalue weighted by molar-refractivity contribution is -0.301. The summed E-state index contributed by atoms with van der Waals surface area (Å²) in [5, 5.41) is 38.2. The third-order valence-electron chi connectivity index (χ3n) is 4.13. The molecule has 0 bridgehead atoms. The average Bonchev–Trinajstić information content (AvgIpc) is 2.53. The van der Waals surface area contributed by atoms with E-state index in [0.717, 1.165) is 12.8 Å². The molecule has 1 saturated heterocycles. The molecule has 1 aliphatic rings. The Balaban J connectivity index is 2.11. The van der Waals surface area contributed by atoms with Crippen molar-refractivity contribution in [2.75, 3.05) is 13.2 Å². The van der Waals surface area contributed by atoms with E-state index in [4.69, 9.17) is 14.6 Å². The fourth-order valence-electron chi connectivity index (χ4n) is 2.64. The quantitative estimate of drug-likeness (QED) is 0.423. The minimum absolute atomic E-state index is 0.428. The molecule has 0 aromatic rings. The van der Waals surface area contributed by atoms with Crippen LogP contribution in [0.2, 0.25) is 0 Å². The van der Waals surface area contributed by atoms with Gasteiger partial charge in [0.2, 0.25) is 0 Å². The van der Waals surface area contributed by atoms with E-state index >= 15 is 0 Å². The highest BCUT2D eigenvalue weighted by Gasteiger charge is 2.43. The summed E-state index contributed by atoms with van der Waals surface area (Å²) in [6.45, 7) is 2.20. The van der Waals surface area contributed by atoms with Crippen molar-refractivity contribution in [2.24, 2.45) is 0 Å². The molecule has 0 radical (unpaired) electrons. The summed E-state index contributed by atoms with van der Waals surface area (Å²) in [5.41, 5.74) is 0. The Hall–Kier alpha value is -0.240. The van der Waals surface area contributed by atoms with Crippen molar-refractivity contribution in [2.45, 2.75) is 89.0 Å². The third-order valence-corrected chi connectivity index (χ3v) is 4.13. The molecule has 0 aliphatic carbocycles. The van der Waals surface area contributed by atoms with Crippen molar-refractivity contribution in [3.63, 3.8) is 0 Å². The molecule has 1 rings (SSSR count). The lowest BCUT2D eigenvalue weighted by atomic mass is 9.99. The molecule has 0 unspecified atom stereocenters. The maximum absolute atomic E-state index is 9.80. The molecule has 0 aromatic heterocycles. The Kier molecular flexibility index (Phi) is 10.2. The Morgan fingerprint density at radius 3 is 2.00 bits per heavy atom. The van der Waals surface area contributed by atoms with Crippen molar-refractivity contribution in [1.29, 1.82) is 0 Å². The molecule has 0 spiro atoms. The van der Waals surface area contributed by atoms with Gasteiger partial charge in [0.25, 0.3) is 0 Å². The van der Waals surface area contributed by atoms with Crippen LogP contribution in [0, 0.1) is 0 Å². The largest absolute Gasteiger partial charge is 0.394 e. The van der Waals surface area contributed by atoms with Gasteiger partial charge in [-0.3, -0.25) is 0 Å². The van der Waals surface area contributed by atoms with Crippen LogP contribution >= 0.6 is 0 Å². The van der Waals surface area contributed by atoms with Crippen molar-refractivity contribution >= 4 is 0 Å². The minimum Gasteiger partial charge on any atom is -0.394 e. The van der Waals surface area contributed by atoms with Crippen molar-refractivity contribution in [3.8, 4) is 0 Å². The van der Waals surface area contributed by atoms with Crippen LogP contribution in [-0.4, -0.2) is 64.3 Å². The van der Waals surface area contributed by atoms with Crippen LogP contribution in [0.25, 0.3) is 0 Å². The predicted octanol–water partition coefficient (Wildman–Crippen LogP) is 0.944. The summed E-state index contributed by atoms with van der Waals surface area (Å²) < 4.78 is 10.7. The molecule has 1 heterocycles. The van der Waals surface area contributed by atoms with Gasteiger partial charge >= 0.3 is 0 Å². The second-order valence-electron chi connectivity index (χ2n) is 6.04. The molecule has 132 valence electrons. The Bertz CT molecular complexity index is 273. The van der Waals surface area contributed by atoms with Crippen LogP contribution in [0.1, 0.15) is 58.3 Å². The minimum atomic E-state index is -1.37. The van der Waals surface area contributed by atoms with Gasteiger partial charge < -0.3 is 29.9 Å². The first kappa shape index (κ1) is 19.8. The summed E-state index contributed by atoms with van der Waals surface area (Å²) in [4.78, 5) is 0. The van der Waals surface area contributed by atoms with Crippen molar-refractivity contribution in [3.05, 3.63) is 0 Å². The number of unbranched alkanes of at least 4 members (excludes halogenated alkanes) is 7. The first-order valence-corrected chi connectivity index (χ1v) is 8.54. The van der Waals surface area contributed by atoms with E-state index < -0.39 is 37.3 Å². The fourth-order valence-corrected chi connectivity index (χ4v) is 2.64. The Morgan fingerprint density at radius 2 is 1.41 bits per heavy atom. The molecule has 4 N–H and O–H groups in total. The number of hydrogen-bond donors (Lipinski definition) is 4. The Morgan fingerprint density at radius 1 is 0.818 bits per heavy atom. The lowest BCUT2D eigenvalue weighted by Crippen LogP contribution is -2.59. The molecular weight excluding hydrogens is 288 g/mol. The SMILES string of the molecule is CCCCCCCCCCO[C@@H]1O[C@H](CO)[C@@H](O)[C@@H](O)[C@H]1O. The maximum atomic E-state index is 9.80. The van der Waals surface area contributed by atoms with E-state index in [9.17, 15) is 15.3 Å². The zero-order valence-electron chi connectivity index (χ0n) is 13.6. The van der Waals surface area contributed by atoms with Crippen LogP contribution in [0.4, 0.5) is 0 Å². The lowest BCUT2D eigenvalue weighted by Gasteiger charge is -2.39. The zero-order valence-corrected chi connectivity index (χ0v) is 13.6. The second-order valence-corrected chi connectivity index (χ2v) is 6.04. The molecular formula is C16H32O6. The van der Waals surface area contributed by atoms with E-state index in [0.29, 0.717) is 6.61 Å². The number of ether oxygens (including phenoxy) is 2. The van der Waals surface area contributed by atoms with E-state index in [-0.39, 0.29) is 0 Å². The van der Waals surface area contributed by atoms with Gasteiger partial charge in [0.1, 0.15) is 24.4 Å². The van der Waals surface area contributed by atoms with Gasteiger partial charge in [-0.15, -0.1) is 0 Å². The number of rotatable bonds is 11. The van der Waals surface area contributed by atoms with Gasteiger partial charge in [0, 0.05) is 6.61 Å².